The fourth-order valence-electron chi connectivity index (χ4n) is 4.31. The summed E-state index contributed by atoms with van der Waals surface area (Å²) >= 11 is 6.38. The molecular weight excluding hydrogens is 462 g/mol. The molecule has 1 aromatic heterocycles. The Kier molecular flexibility index (Phi) is 5.44. The van der Waals surface area contributed by atoms with Gasteiger partial charge < -0.3 is 15.2 Å². The number of aliphatic hydroxyl groups is 1. The van der Waals surface area contributed by atoms with Gasteiger partial charge in [0.25, 0.3) is 5.91 Å². The number of carbonyl (C=O) groups is 1. The van der Waals surface area contributed by atoms with Crippen LogP contribution in [0, 0.1) is 12.7 Å². The Bertz CT molecular complexity index is 1010. The van der Waals surface area contributed by atoms with Gasteiger partial charge in [-0.1, -0.05) is 11.6 Å². The van der Waals surface area contributed by atoms with Gasteiger partial charge in [-0.3, -0.25) is 10.1 Å². The fraction of sp³-hybridized carbons (Fsp3) is 0.474. The van der Waals surface area contributed by atoms with Crippen LogP contribution < -0.4 is 15.4 Å². The van der Waals surface area contributed by atoms with Crippen molar-refractivity contribution in [3.63, 3.8) is 0 Å². The van der Waals surface area contributed by atoms with Gasteiger partial charge in [-0.2, -0.15) is 13.2 Å². The van der Waals surface area contributed by atoms with Gasteiger partial charge in [0.15, 0.2) is 12.3 Å². The van der Waals surface area contributed by atoms with Crippen LogP contribution in [-0.4, -0.2) is 33.7 Å². The fourth-order valence-corrected chi connectivity index (χ4v) is 5.31. The minimum Gasteiger partial charge on any atom is -0.484 e. The number of nitrogens with one attached hydrogen (secondary N) is 2. The Labute approximate surface area is 183 Å². The van der Waals surface area contributed by atoms with Crippen LogP contribution in [0.2, 0.25) is 5.02 Å². The number of ether oxygens (including phenoxy) is 1. The highest BCUT2D eigenvalue weighted by molar-refractivity contribution is 7.11. The topological polar surface area (TPSA) is 83.5 Å². The molecule has 1 heterocycles. The second kappa shape index (κ2) is 7.58. The number of alkyl halides is 3. The van der Waals surface area contributed by atoms with Crippen LogP contribution in [0.25, 0.3) is 0 Å². The second-order valence-corrected chi connectivity index (χ2v) is 9.64. The third-order valence-electron chi connectivity index (χ3n) is 5.42. The van der Waals surface area contributed by atoms with Crippen LogP contribution in [0.4, 0.5) is 17.6 Å². The van der Waals surface area contributed by atoms with Crippen molar-refractivity contribution < 1.29 is 32.2 Å². The van der Waals surface area contributed by atoms with Crippen LogP contribution in [-0.2, 0) is 11.0 Å². The van der Waals surface area contributed by atoms with Gasteiger partial charge in [-0.25, -0.2) is 9.37 Å². The van der Waals surface area contributed by atoms with E-state index in [0.717, 1.165) is 17.4 Å². The Hall–Kier alpha value is -1.95. The molecule has 3 aliphatic rings. The number of aryl methyl sites for hydroxylation is 1. The molecule has 2 aromatic rings. The molecule has 31 heavy (non-hydrogen) atoms. The molecule has 3 aliphatic carbocycles. The van der Waals surface area contributed by atoms with E-state index in [0.29, 0.717) is 19.3 Å². The molecule has 3 N–H and O–H groups in total. The first kappa shape index (κ1) is 22.3. The van der Waals surface area contributed by atoms with Crippen LogP contribution in [0.15, 0.2) is 18.2 Å². The highest BCUT2D eigenvalue weighted by Gasteiger charge is 2.69. The molecule has 1 amide bonds. The SMILES string of the molecule is Cc1nc(C(F)(F)F)c(C(O)NC23CC(NC(=O)COc4ccc(Cl)c(F)c4)(C2)C3)s1. The molecule has 3 fully saturated rings. The van der Waals surface area contributed by atoms with Crippen molar-refractivity contribution in [2.75, 3.05) is 6.61 Å². The van der Waals surface area contributed by atoms with Gasteiger partial charge in [0, 0.05) is 17.1 Å². The molecule has 0 saturated heterocycles. The quantitative estimate of drug-likeness (QED) is 0.416. The minimum atomic E-state index is -4.65. The first-order chi connectivity index (χ1) is 14.4. The van der Waals surface area contributed by atoms with Crippen molar-refractivity contribution in [2.45, 2.75) is 49.7 Å². The lowest BCUT2D eigenvalue weighted by Crippen LogP contribution is -2.83. The average molecular weight is 480 g/mol. The second-order valence-electron chi connectivity index (χ2n) is 7.99. The first-order valence-electron chi connectivity index (χ1n) is 9.30. The number of thiazole rings is 1. The Morgan fingerprint density at radius 1 is 1.35 bits per heavy atom. The summed E-state index contributed by atoms with van der Waals surface area (Å²) < 4.78 is 58.0. The van der Waals surface area contributed by atoms with Crippen molar-refractivity contribution in [2.24, 2.45) is 0 Å². The van der Waals surface area contributed by atoms with Crippen molar-refractivity contribution >= 4 is 28.8 Å². The van der Waals surface area contributed by atoms with Crippen molar-refractivity contribution in [1.29, 1.82) is 0 Å². The first-order valence-corrected chi connectivity index (χ1v) is 10.5. The highest BCUT2D eigenvalue weighted by Crippen LogP contribution is 2.61. The standard InChI is InChI=1S/C19H18ClF4N3O3S/c1-9-25-15(19(22,23)24)14(31-9)16(29)27-18-6-17(7-18,8-18)26-13(28)5-30-10-2-3-11(20)12(21)4-10/h2-4,16,27,29H,5-8H2,1H3,(H,26,28). The van der Waals surface area contributed by atoms with Crippen LogP contribution in [0.1, 0.15) is 41.1 Å². The summed E-state index contributed by atoms with van der Waals surface area (Å²) in [5.41, 5.74) is -2.09. The molecule has 2 bridgehead atoms. The van der Waals surface area contributed by atoms with E-state index >= 15 is 0 Å². The maximum absolute atomic E-state index is 13.4. The lowest BCUT2D eigenvalue weighted by Gasteiger charge is -2.71. The Morgan fingerprint density at radius 3 is 2.65 bits per heavy atom. The number of aliphatic hydroxyl groups excluding tert-OH is 1. The molecule has 0 spiro atoms. The average Bonchev–Trinajstić information content (AvgIpc) is 3.02. The molecule has 1 unspecified atom stereocenters. The lowest BCUT2D eigenvalue weighted by molar-refractivity contribution is -0.154. The van der Waals surface area contributed by atoms with Crippen molar-refractivity contribution in [1.82, 2.24) is 15.6 Å². The molecule has 0 aliphatic heterocycles. The zero-order valence-electron chi connectivity index (χ0n) is 16.1. The minimum absolute atomic E-state index is 0.0542. The van der Waals surface area contributed by atoms with E-state index < -0.39 is 40.9 Å². The molecule has 1 aromatic carbocycles. The number of nitrogens with zero attached hydrogens (tertiary/aromatic N) is 1. The molecule has 5 rings (SSSR count). The predicted octanol–water partition coefficient (Wildman–Crippen LogP) is 3.71. The predicted molar refractivity (Wildman–Crippen MR) is 104 cm³/mol. The van der Waals surface area contributed by atoms with E-state index in [1.54, 1.807) is 0 Å². The number of hydrogen-bond donors (Lipinski definition) is 3. The number of hydrogen-bond acceptors (Lipinski definition) is 6. The van der Waals surface area contributed by atoms with Crippen LogP contribution >= 0.6 is 22.9 Å². The van der Waals surface area contributed by atoms with Crippen molar-refractivity contribution in [3.05, 3.63) is 44.6 Å². The van der Waals surface area contributed by atoms with Gasteiger partial charge in [-0.05, 0) is 38.3 Å². The molecule has 1 atom stereocenters. The van der Waals surface area contributed by atoms with Gasteiger partial charge >= 0.3 is 6.18 Å². The number of carbonyl (C=O) groups excluding carboxylic acids is 1. The van der Waals surface area contributed by atoms with Gasteiger partial charge in [0.1, 0.15) is 17.8 Å². The van der Waals surface area contributed by atoms with E-state index in [1.807, 2.05) is 0 Å². The number of aromatic nitrogens is 1. The van der Waals surface area contributed by atoms with Gasteiger partial charge in [-0.15, -0.1) is 11.3 Å². The maximum atomic E-state index is 13.4. The third-order valence-corrected chi connectivity index (χ3v) is 6.75. The molecule has 3 saturated carbocycles. The third kappa shape index (κ3) is 4.36. The summed E-state index contributed by atoms with van der Waals surface area (Å²) in [5.74, 6) is -0.895. The Balaban J connectivity index is 1.28. The normalized spacial score (nSPS) is 25.4. The molecule has 0 radical (unpaired) electrons. The van der Waals surface area contributed by atoms with E-state index in [-0.39, 0.29) is 27.3 Å². The van der Waals surface area contributed by atoms with Gasteiger partial charge in [0.2, 0.25) is 0 Å². The van der Waals surface area contributed by atoms with E-state index in [4.69, 9.17) is 16.3 Å². The molecular formula is C19H18ClF4N3O3S. The zero-order valence-corrected chi connectivity index (χ0v) is 17.7. The summed E-state index contributed by atoms with van der Waals surface area (Å²) in [6.07, 6.45) is -4.74. The largest absolute Gasteiger partial charge is 0.484 e. The monoisotopic (exact) mass is 479 g/mol. The lowest BCUT2D eigenvalue weighted by atomic mass is 9.44. The smallest absolute Gasteiger partial charge is 0.434 e. The summed E-state index contributed by atoms with van der Waals surface area (Å²) in [6.45, 7) is 1.13. The maximum Gasteiger partial charge on any atom is 0.434 e. The zero-order chi connectivity index (χ0) is 22.6. The summed E-state index contributed by atoms with van der Waals surface area (Å²) in [6, 6.07) is 3.84. The Morgan fingerprint density at radius 2 is 2.03 bits per heavy atom. The van der Waals surface area contributed by atoms with E-state index in [1.165, 1.54) is 19.1 Å². The van der Waals surface area contributed by atoms with E-state index in [2.05, 4.69) is 15.6 Å². The van der Waals surface area contributed by atoms with Crippen LogP contribution in [0.3, 0.4) is 0 Å². The number of halogens is 5. The molecule has 168 valence electrons. The van der Waals surface area contributed by atoms with Crippen LogP contribution in [0.5, 0.6) is 5.75 Å². The summed E-state index contributed by atoms with van der Waals surface area (Å²) in [4.78, 5) is 15.4. The number of rotatable bonds is 7. The summed E-state index contributed by atoms with van der Waals surface area (Å²) in [5, 5.41) is 16.2. The van der Waals surface area contributed by atoms with E-state index in [9.17, 15) is 27.5 Å². The highest BCUT2D eigenvalue weighted by atomic mass is 35.5. The molecule has 6 nitrogen and oxygen atoms in total. The summed E-state index contributed by atoms with van der Waals surface area (Å²) in [7, 11) is 0. The number of amides is 1. The van der Waals surface area contributed by atoms with Gasteiger partial charge in [0.05, 0.1) is 14.9 Å². The number of benzene rings is 1. The molecule has 12 heteroatoms. The van der Waals surface area contributed by atoms with Crippen molar-refractivity contribution in [3.8, 4) is 5.75 Å².